The summed E-state index contributed by atoms with van der Waals surface area (Å²) in [6.45, 7) is 11.1. The molecule has 3 saturated carbocycles. The Morgan fingerprint density at radius 2 is 1.71 bits per heavy atom. The van der Waals surface area contributed by atoms with E-state index in [1.807, 2.05) is 0 Å². The van der Waals surface area contributed by atoms with Crippen LogP contribution in [0, 0.1) is 23.2 Å². The fraction of sp³-hybridized carbons (Fsp3) is 0.739. The van der Waals surface area contributed by atoms with Crippen molar-refractivity contribution in [3.05, 3.63) is 35.5 Å². The van der Waals surface area contributed by atoms with Crippen LogP contribution in [0.1, 0.15) is 72.1 Å². The molecule has 5 heteroatoms. The molecule has 0 aliphatic heterocycles. The molecule has 28 heavy (non-hydrogen) atoms. The molecule has 3 fully saturated rings. The van der Waals surface area contributed by atoms with Crippen molar-refractivity contribution in [2.45, 2.75) is 84.3 Å². The van der Waals surface area contributed by atoms with Crippen LogP contribution in [0.15, 0.2) is 35.5 Å². The van der Waals surface area contributed by atoms with Gasteiger partial charge in [0.05, 0.1) is 12.2 Å². The molecule has 3 rings (SSSR count). The fourth-order valence-corrected chi connectivity index (χ4v) is 5.92. The zero-order valence-electron chi connectivity index (χ0n) is 18.0. The summed E-state index contributed by atoms with van der Waals surface area (Å²) in [4.78, 5) is 0. The molecule has 0 amide bonds. The first-order valence-electron chi connectivity index (χ1n) is 10.3. The van der Waals surface area contributed by atoms with Crippen LogP contribution in [0.25, 0.3) is 0 Å². The first-order chi connectivity index (χ1) is 11.9. The third kappa shape index (κ3) is 6.50. The van der Waals surface area contributed by atoms with Crippen LogP contribution in [0.3, 0.4) is 0 Å². The second-order valence-corrected chi connectivity index (χ2v) is 9.06. The summed E-state index contributed by atoms with van der Waals surface area (Å²) >= 11 is 0. The van der Waals surface area contributed by atoms with Crippen LogP contribution in [-0.2, 0) is 98.1 Å². The average Bonchev–Trinajstić information content (AvgIpc) is 2.94. The largest absolute Gasteiger partial charge is 0.388 e. The Balaban J connectivity index is 0.00000243. The maximum atomic E-state index is 10.0. The summed E-state index contributed by atoms with van der Waals surface area (Å²) in [6, 6.07) is 0. The maximum Gasteiger partial charge on any atom is 0.0809 e. The average molecular weight is 611 g/mol. The van der Waals surface area contributed by atoms with Crippen LogP contribution < -0.4 is 0 Å². The summed E-state index contributed by atoms with van der Waals surface area (Å²) in [5, 5.41) is 20.1. The molecule has 0 aromatic carbocycles. The fourth-order valence-electron chi connectivity index (χ4n) is 5.92. The van der Waals surface area contributed by atoms with Gasteiger partial charge >= 0.3 is 0 Å². The molecule has 0 spiro atoms. The van der Waals surface area contributed by atoms with Gasteiger partial charge in [-0.1, -0.05) is 57.1 Å². The molecular weight excluding hydrogens is 575 g/mol. The van der Waals surface area contributed by atoms with E-state index in [1.165, 1.54) is 38.5 Å². The molecular formula is C23H36O2Y3. The normalized spacial score (nSPS) is 37.2. The molecule has 0 aromatic heterocycles. The molecule has 2 N–H and O–H groups in total. The minimum absolute atomic E-state index is 0. The number of hydrogen-bond acceptors (Lipinski definition) is 2. The van der Waals surface area contributed by atoms with Crippen LogP contribution >= 0.6 is 0 Å². The summed E-state index contributed by atoms with van der Waals surface area (Å²) in [5.41, 5.74) is 3.81. The number of allylic oxidation sites excluding steroid dienone is 3. The molecule has 3 radical (unpaired) electrons. The van der Waals surface area contributed by atoms with Crippen molar-refractivity contribution < 1.29 is 108 Å². The van der Waals surface area contributed by atoms with Gasteiger partial charge in [-0.25, -0.2) is 0 Å². The summed E-state index contributed by atoms with van der Waals surface area (Å²) < 4.78 is 0. The van der Waals surface area contributed by atoms with Crippen molar-refractivity contribution >= 4 is 0 Å². The van der Waals surface area contributed by atoms with Gasteiger partial charge in [0.1, 0.15) is 0 Å². The molecule has 0 heterocycles. The van der Waals surface area contributed by atoms with E-state index in [9.17, 15) is 10.2 Å². The topological polar surface area (TPSA) is 40.5 Å². The molecule has 3 aliphatic carbocycles. The van der Waals surface area contributed by atoms with Crippen molar-refractivity contribution in [2.24, 2.45) is 23.2 Å². The third-order valence-electron chi connectivity index (χ3n) is 7.67. The van der Waals surface area contributed by atoms with E-state index in [2.05, 4.69) is 39.5 Å². The number of aliphatic hydroxyl groups excluding tert-OH is 2. The first kappa shape index (κ1) is 30.5. The Morgan fingerprint density at radius 1 is 1.11 bits per heavy atom. The Hall–Kier alpha value is 2.45. The van der Waals surface area contributed by atoms with E-state index in [4.69, 9.17) is 0 Å². The van der Waals surface area contributed by atoms with Gasteiger partial charge in [0, 0.05) is 98.1 Å². The van der Waals surface area contributed by atoms with Gasteiger partial charge in [-0.05, 0) is 73.7 Å². The van der Waals surface area contributed by atoms with Gasteiger partial charge in [0.2, 0.25) is 0 Å². The predicted molar refractivity (Wildman–Crippen MR) is 104 cm³/mol. The smallest absolute Gasteiger partial charge is 0.0809 e. The van der Waals surface area contributed by atoms with Crippen molar-refractivity contribution in [1.82, 2.24) is 0 Å². The maximum absolute atomic E-state index is 10.0. The zero-order valence-corrected chi connectivity index (χ0v) is 26.5. The van der Waals surface area contributed by atoms with Gasteiger partial charge in [0.25, 0.3) is 0 Å². The number of hydrogen-bond donors (Lipinski definition) is 2. The quantitative estimate of drug-likeness (QED) is 0.433. The van der Waals surface area contributed by atoms with E-state index in [1.54, 1.807) is 5.57 Å². The van der Waals surface area contributed by atoms with Crippen molar-refractivity contribution in [3.63, 3.8) is 0 Å². The first-order valence-corrected chi connectivity index (χ1v) is 10.3. The molecule has 0 bridgehead atoms. The Kier molecular flexibility index (Phi) is 14.4. The van der Waals surface area contributed by atoms with Crippen LogP contribution in [0.4, 0.5) is 0 Å². The minimum Gasteiger partial charge on any atom is -0.388 e. The van der Waals surface area contributed by atoms with Gasteiger partial charge in [-0.3, -0.25) is 0 Å². The molecule has 0 saturated heterocycles. The van der Waals surface area contributed by atoms with E-state index in [0.717, 1.165) is 23.3 Å². The number of fused-ring (bicyclic) bond motifs is 1. The van der Waals surface area contributed by atoms with Gasteiger partial charge in [-0.15, -0.1) is 0 Å². The predicted octanol–water partition coefficient (Wildman–Crippen LogP) is 5.17. The molecule has 2 nitrogen and oxygen atoms in total. The summed E-state index contributed by atoms with van der Waals surface area (Å²) in [7, 11) is 0. The minimum atomic E-state index is -0.591. The summed E-state index contributed by atoms with van der Waals surface area (Å²) in [6.07, 6.45) is 12.5. The summed E-state index contributed by atoms with van der Waals surface area (Å²) in [5.74, 6) is 2.41. The second kappa shape index (κ2) is 13.2. The van der Waals surface area contributed by atoms with E-state index in [-0.39, 0.29) is 98.1 Å². The molecule has 149 valence electrons. The van der Waals surface area contributed by atoms with Crippen LogP contribution in [-0.4, -0.2) is 22.4 Å². The zero-order chi connectivity index (χ0) is 18.2. The monoisotopic (exact) mass is 611 g/mol. The standard InChI is InChI=1S/C23H36O2.3Y/c1-5-15(2)19-10-11-20-18(7-6-12-23(19,20)4)9-8-17-13-21(24)16(3)22(25)14-17;;;/h8-9,15,19-22,24-25H,3,5-7,10-14H2,1-2,4H3;;;/b18-9+;;;/t15-,19+,20-,21+,22+,23+;;;/m0.../s1. The van der Waals surface area contributed by atoms with Gasteiger partial charge in [-0.2, -0.15) is 0 Å². The van der Waals surface area contributed by atoms with E-state index in [0.29, 0.717) is 23.8 Å². The SMILES string of the molecule is C=C1[C@H](O)CC(=C/C=C2\CCC[C@]3(C)[C@@H]([C@@H](C)CC)CC[C@@H]23)C[C@H]1O.[Y].[Y].[Y]. The second-order valence-electron chi connectivity index (χ2n) is 9.06. The molecule has 6 atom stereocenters. The van der Waals surface area contributed by atoms with Gasteiger partial charge < -0.3 is 10.2 Å². The van der Waals surface area contributed by atoms with Crippen LogP contribution in [0.5, 0.6) is 0 Å². The van der Waals surface area contributed by atoms with Crippen molar-refractivity contribution in [2.75, 3.05) is 0 Å². The Bertz CT molecular complexity index is 570. The van der Waals surface area contributed by atoms with Crippen LogP contribution in [0.2, 0.25) is 0 Å². The van der Waals surface area contributed by atoms with E-state index >= 15 is 0 Å². The van der Waals surface area contributed by atoms with Crippen molar-refractivity contribution in [1.29, 1.82) is 0 Å². The number of aliphatic hydroxyl groups is 2. The van der Waals surface area contributed by atoms with E-state index < -0.39 is 12.2 Å². The third-order valence-corrected chi connectivity index (χ3v) is 7.67. The number of rotatable bonds is 3. The Labute approximate surface area is 247 Å². The van der Waals surface area contributed by atoms with Gasteiger partial charge in [0.15, 0.2) is 0 Å². The molecule has 3 aliphatic rings. The molecule has 0 unspecified atom stereocenters. The van der Waals surface area contributed by atoms with Crippen molar-refractivity contribution in [3.8, 4) is 0 Å². The Morgan fingerprint density at radius 3 is 2.29 bits per heavy atom. The molecule has 0 aromatic rings.